The van der Waals surface area contributed by atoms with Gasteiger partial charge in [-0.3, -0.25) is 38.8 Å². The fourth-order valence-electron chi connectivity index (χ4n) is 5.52. The van der Waals surface area contributed by atoms with E-state index in [0.29, 0.717) is 58.9 Å². The monoisotopic (exact) mass is 713 g/mol. The van der Waals surface area contributed by atoms with Crippen LogP contribution < -0.4 is 11.1 Å². The highest BCUT2D eigenvalue weighted by Crippen LogP contribution is 2.12. The summed E-state index contributed by atoms with van der Waals surface area (Å²) in [6, 6.07) is 0. The first kappa shape index (κ1) is 45.7. The molecule has 50 heavy (non-hydrogen) atoms. The summed E-state index contributed by atoms with van der Waals surface area (Å²) in [4.78, 5) is 59.9. The van der Waals surface area contributed by atoms with E-state index in [0.717, 1.165) is 32.2 Å². The summed E-state index contributed by atoms with van der Waals surface area (Å²) in [5.41, 5.74) is 3.73. The van der Waals surface area contributed by atoms with Crippen molar-refractivity contribution in [2.75, 3.05) is 91.6 Å². The first-order chi connectivity index (χ1) is 23.2. The van der Waals surface area contributed by atoms with Crippen molar-refractivity contribution in [3.63, 3.8) is 0 Å². The second kappa shape index (κ2) is 23.3. The molecule has 0 aromatic carbocycles. The maximum atomic E-state index is 13.1. The highest BCUT2D eigenvalue weighted by Gasteiger charge is 2.26. The summed E-state index contributed by atoms with van der Waals surface area (Å²) in [5.74, 6) is -1.02. The van der Waals surface area contributed by atoms with Crippen LogP contribution in [0.2, 0.25) is 0 Å². The molecule has 0 unspecified atom stereocenters. The van der Waals surface area contributed by atoms with Crippen LogP contribution in [0.1, 0.15) is 107 Å². The van der Waals surface area contributed by atoms with E-state index in [4.69, 9.17) is 19.9 Å². The molecule has 13 nitrogen and oxygen atoms in total. The third-order valence-corrected chi connectivity index (χ3v) is 7.82. The second-order valence-electron chi connectivity index (χ2n) is 16.5. The molecule has 1 saturated heterocycles. The highest BCUT2D eigenvalue weighted by molar-refractivity contribution is 5.78. The van der Waals surface area contributed by atoms with Crippen LogP contribution in [-0.4, -0.2) is 152 Å². The Hall–Kier alpha value is -2.32. The summed E-state index contributed by atoms with van der Waals surface area (Å²) in [6.07, 6.45) is 7.83. The number of nitrogens with zero attached hydrogens (tertiary/aromatic N) is 4. The molecule has 3 N–H and O–H groups in total. The molecule has 1 fully saturated rings. The first-order valence-electron chi connectivity index (χ1n) is 18.8. The second-order valence-corrected chi connectivity index (χ2v) is 16.5. The van der Waals surface area contributed by atoms with Gasteiger partial charge in [0.25, 0.3) is 0 Å². The van der Waals surface area contributed by atoms with Crippen LogP contribution in [-0.2, 0) is 33.4 Å². The van der Waals surface area contributed by atoms with Crippen LogP contribution in [0.5, 0.6) is 0 Å². The fourth-order valence-corrected chi connectivity index (χ4v) is 5.52. The molecule has 1 amide bonds. The average Bonchev–Trinajstić information content (AvgIpc) is 2.94. The van der Waals surface area contributed by atoms with Crippen LogP contribution in [0.3, 0.4) is 0 Å². The van der Waals surface area contributed by atoms with Crippen molar-refractivity contribution in [1.82, 2.24) is 24.9 Å². The van der Waals surface area contributed by atoms with Crippen molar-refractivity contribution in [3.05, 3.63) is 0 Å². The molecule has 13 heteroatoms. The Morgan fingerprint density at radius 1 is 0.480 bits per heavy atom. The maximum Gasteiger partial charge on any atom is 0.320 e. The molecule has 1 heterocycles. The van der Waals surface area contributed by atoms with Crippen LogP contribution in [0.4, 0.5) is 0 Å². The molecule has 292 valence electrons. The summed E-state index contributed by atoms with van der Waals surface area (Å²) < 4.78 is 16.9. The van der Waals surface area contributed by atoms with E-state index in [-0.39, 0.29) is 50.0 Å². The number of nitrogens with one attached hydrogen (secondary N) is 1. The van der Waals surface area contributed by atoms with E-state index in [1.165, 1.54) is 19.3 Å². The van der Waals surface area contributed by atoms with Gasteiger partial charge in [0, 0.05) is 58.9 Å². The smallest absolute Gasteiger partial charge is 0.320 e. The molecule has 0 radical (unpaired) electrons. The largest absolute Gasteiger partial charge is 0.459 e. The van der Waals surface area contributed by atoms with Gasteiger partial charge in [-0.25, -0.2) is 0 Å². The van der Waals surface area contributed by atoms with E-state index >= 15 is 0 Å². The van der Waals surface area contributed by atoms with Crippen molar-refractivity contribution in [2.24, 2.45) is 5.73 Å². The molecule has 0 atom stereocenters. The predicted octanol–water partition coefficient (Wildman–Crippen LogP) is 3.04. The SMILES string of the molecule is CC(C)(C)OC(=O)CN1CCN(CC(=O)NCCCCCCCCCN)CCN(CC(=O)OC(C)(C)C)CCN(CC(=O)OC(C)(C)C)CC1. The Balaban J connectivity index is 3.05. The Morgan fingerprint density at radius 2 is 0.760 bits per heavy atom. The van der Waals surface area contributed by atoms with Gasteiger partial charge in [-0.15, -0.1) is 0 Å². The minimum atomic E-state index is -0.616. The number of carbonyl (C=O) groups excluding carboxylic acids is 4. The minimum absolute atomic E-state index is 0.0408. The molecule has 1 aliphatic heterocycles. The van der Waals surface area contributed by atoms with E-state index in [1.54, 1.807) is 0 Å². The number of ether oxygens (including phenoxy) is 3. The number of unbranched alkanes of at least 4 members (excludes halogenated alkanes) is 6. The zero-order valence-corrected chi connectivity index (χ0v) is 33.1. The Kier molecular flexibility index (Phi) is 21.3. The highest BCUT2D eigenvalue weighted by atomic mass is 16.6. The third kappa shape index (κ3) is 25.6. The number of carbonyl (C=O) groups is 4. The summed E-state index contributed by atoms with van der Waals surface area (Å²) in [7, 11) is 0. The zero-order valence-electron chi connectivity index (χ0n) is 33.1. The van der Waals surface area contributed by atoms with E-state index in [1.807, 2.05) is 77.0 Å². The molecular weight excluding hydrogens is 640 g/mol. The number of hydrogen-bond acceptors (Lipinski definition) is 12. The Labute approximate surface area is 303 Å². The molecule has 0 aromatic rings. The Bertz CT molecular complexity index is 960. The van der Waals surface area contributed by atoms with Crippen LogP contribution in [0, 0.1) is 0 Å². The lowest BCUT2D eigenvalue weighted by Gasteiger charge is -2.34. The molecule has 0 spiro atoms. The van der Waals surface area contributed by atoms with Gasteiger partial charge in [-0.2, -0.15) is 0 Å². The van der Waals surface area contributed by atoms with E-state index in [9.17, 15) is 19.2 Å². The molecule has 1 aliphatic rings. The standard InChI is InChI=1S/C37H72N6O7/c1-35(2,3)48-32(45)28-41-21-19-40(27-31(44)39-18-16-14-12-10-11-13-15-17-38)20-22-42(29-33(46)49-36(4,5)6)24-26-43(25-23-41)30-34(47)50-37(7,8)9/h10-30,38H2,1-9H3,(H,39,44). The van der Waals surface area contributed by atoms with Crippen molar-refractivity contribution in [2.45, 2.75) is 124 Å². The summed E-state index contributed by atoms with van der Waals surface area (Å²) >= 11 is 0. The van der Waals surface area contributed by atoms with Crippen LogP contribution >= 0.6 is 0 Å². The van der Waals surface area contributed by atoms with Crippen LogP contribution in [0.25, 0.3) is 0 Å². The van der Waals surface area contributed by atoms with Gasteiger partial charge < -0.3 is 25.3 Å². The summed E-state index contributed by atoms with van der Waals surface area (Å²) in [5, 5.41) is 3.08. The first-order valence-corrected chi connectivity index (χ1v) is 18.8. The van der Waals surface area contributed by atoms with Gasteiger partial charge >= 0.3 is 17.9 Å². The van der Waals surface area contributed by atoms with E-state index in [2.05, 4.69) is 10.2 Å². The fraction of sp³-hybridized carbons (Fsp3) is 0.892. The number of amides is 1. The maximum absolute atomic E-state index is 13.1. The normalized spacial score (nSPS) is 17.0. The zero-order chi connectivity index (χ0) is 37.8. The molecule has 0 bridgehead atoms. The number of nitrogens with two attached hydrogens (primary N) is 1. The predicted molar refractivity (Wildman–Crippen MR) is 198 cm³/mol. The van der Waals surface area contributed by atoms with Gasteiger partial charge in [0.15, 0.2) is 0 Å². The lowest BCUT2D eigenvalue weighted by molar-refractivity contribution is -0.158. The minimum Gasteiger partial charge on any atom is -0.459 e. The van der Waals surface area contributed by atoms with Crippen molar-refractivity contribution in [1.29, 1.82) is 0 Å². The number of esters is 3. The van der Waals surface area contributed by atoms with Crippen molar-refractivity contribution in [3.8, 4) is 0 Å². The Morgan fingerprint density at radius 3 is 1.06 bits per heavy atom. The van der Waals surface area contributed by atoms with Gasteiger partial charge in [-0.05, 0) is 81.7 Å². The van der Waals surface area contributed by atoms with Gasteiger partial charge in [0.2, 0.25) is 5.91 Å². The van der Waals surface area contributed by atoms with E-state index < -0.39 is 16.8 Å². The van der Waals surface area contributed by atoms with Crippen LogP contribution in [0.15, 0.2) is 0 Å². The molecular formula is C37H72N6O7. The number of hydrogen-bond donors (Lipinski definition) is 2. The average molecular weight is 713 g/mol. The van der Waals surface area contributed by atoms with Crippen molar-refractivity contribution >= 4 is 23.8 Å². The van der Waals surface area contributed by atoms with Crippen molar-refractivity contribution < 1.29 is 33.4 Å². The van der Waals surface area contributed by atoms with Gasteiger partial charge in [-0.1, -0.05) is 32.1 Å². The third-order valence-electron chi connectivity index (χ3n) is 7.82. The lowest BCUT2D eigenvalue weighted by atomic mass is 10.1. The molecule has 0 aliphatic carbocycles. The molecule has 0 saturated carbocycles. The molecule has 0 aromatic heterocycles. The quantitative estimate of drug-likeness (QED) is 0.130. The topological polar surface area (TPSA) is 147 Å². The van der Waals surface area contributed by atoms with Gasteiger partial charge in [0.1, 0.15) is 16.8 Å². The summed E-state index contributed by atoms with van der Waals surface area (Å²) in [6.45, 7) is 22.5. The molecule has 1 rings (SSSR count). The lowest BCUT2D eigenvalue weighted by Crippen LogP contribution is -2.50. The number of rotatable bonds is 17. The van der Waals surface area contributed by atoms with Gasteiger partial charge in [0.05, 0.1) is 26.2 Å².